The van der Waals surface area contributed by atoms with Gasteiger partial charge in [-0.15, -0.1) is 11.3 Å². The van der Waals surface area contributed by atoms with Crippen LogP contribution < -0.4 is 9.64 Å². The Labute approximate surface area is 247 Å². The number of anilines is 1. The Kier molecular flexibility index (Phi) is 8.47. The zero-order valence-corrected chi connectivity index (χ0v) is 25.1. The number of aliphatic hydroxyl groups is 1. The number of nitriles is 1. The molecule has 1 aromatic carbocycles. The number of thiophene rings is 1. The van der Waals surface area contributed by atoms with E-state index in [1.54, 1.807) is 84.0 Å². The molecule has 0 aliphatic heterocycles. The number of amides is 2. The number of fused-ring (bicyclic) bond motifs is 1. The SMILES string of the molecule is COc1cccnc1C(O)c1cc2c(N(C(=O)OC(C)(C)C)C(=O)OC(C)(C)C)nc(-c3cccc(C#N)c3)nc2s1. The molecule has 218 valence electrons. The van der Waals surface area contributed by atoms with Crippen molar-refractivity contribution in [1.29, 1.82) is 5.26 Å². The summed E-state index contributed by atoms with van der Waals surface area (Å²) in [5, 5.41) is 21.0. The van der Waals surface area contributed by atoms with Crippen LogP contribution in [0.1, 0.15) is 63.8 Å². The van der Waals surface area contributed by atoms with Crippen LogP contribution in [0, 0.1) is 11.3 Å². The monoisotopic (exact) mass is 589 g/mol. The number of nitrogens with zero attached hydrogens (tertiary/aromatic N) is 5. The van der Waals surface area contributed by atoms with Crippen molar-refractivity contribution in [2.75, 3.05) is 12.0 Å². The van der Waals surface area contributed by atoms with Gasteiger partial charge in [0.25, 0.3) is 0 Å². The third-order valence-corrected chi connectivity index (χ3v) is 6.64. The van der Waals surface area contributed by atoms with Gasteiger partial charge in [-0.3, -0.25) is 4.98 Å². The van der Waals surface area contributed by atoms with E-state index in [-0.39, 0.29) is 17.3 Å². The first-order valence-electron chi connectivity index (χ1n) is 13.0. The van der Waals surface area contributed by atoms with Crippen LogP contribution in [0.25, 0.3) is 21.6 Å². The lowest BCUT2D eigenvalue weighted by Gasteiger charge is -2.28. The second-order valence-electron chi connectivity index (χ2n) is 11.2. The van der Waals surface area contributed by atoms with Gasteiger partial charge in [-0.05, 0) is 71.9 Å². The van der Waals surface area contributed by atoms with E-state index < -0.39 is 29.5 Å². The summed E-state index contributed by atoms with van der Waals surface area (Å²) in [5.41, 5.74) is -0.761. The molecule has 0 aliphatic rings. The van der Waals surface area contributed by atoms with E-state index in [1.807, 2.05) is 0 Å². The van der Waals surface area contributed by atoms with Gasteiger partial charge in [0.15, 0.2) is 11.6 Å². The highest BCUT2D eigenvalue weighted by Gasteiger charge is 2.36. The summed E-state index contributed by atoms with van der Waals surface area (Å²) < 4.78 is 16.5. The van der Waals surface area contributed by atoms with Gasteiger partial charge in [0.2, 0.25) is 0 Å². The fourth-order valence-electron chi connectivity index (χ4n) is 3.87. The summed E-state index contributed by atoms with van der Waals surface area (Å²) in [6, 6.07) is 13.7. The zero-order valence-electron chi connectivity index (χ0n) is 24.3. The van der Waals surface area contributed by atoms with Gasteiger partial charge in [-0.2, -0.15) is 10.2 Å². The van der Waals surface area contributed by atoms with Gasteiger partial charge in [0.1, 0.15) is 33.6 Å². The van der Waals surface area contributed by atoms with E-state index in [2.05, 4.69) is 21.0 Å². The molecule has 11 nitrogen and oxygen atoms in total. The van der Waals surface area contributed by atoms with Gasteiger partial charge in [0.05, 0.1) is 24.1 Å². The molecular formula is C30H31N5O6S. The molecule has 0 saturated carbocycles. The summed E-state index contributed by atoms with van der Waals surface area (Å²) >= 11 is 1.13. The van der Waals surface area contributed by atoms with Crippen molar-refractivity contribution < 1.29 is 28.9 Å². The highest BCUT2D eigenvalue weighted by molar-refractivity contribution is 7.18. The number of rotatable bonds is 5. The predicted molar refractivity (Wildman–Crippen MR) is 157 cm³/mol. The third-order valence-electron chi connectivity index (χ3n) is 5.55. The van der Waals surface area contributed by atoms with Crippen molar-refractivity contribution >= 4 is 39.6 Å². The summed E-state index contributed by atoms with van der Waals surface area (Å²) in [6.07, 6.45) is -1.69. The van der Waals surface area contributed by atoms with Crippen LogP contribution in [0.3, 0.4) is 0 Å². The molecule has 0 fully saturated rings. The van der Waals surface area contributed by atoms with Crippen molar-refractivity contribution in [2.24, 2.45) is 0 Å². The second-order valence-corrected chi connectivity index (χ2v) is 12.3. The lowest BCUT2D eigenvalue weighted by molar-refractivity contribution is 0.0429. The number of hydrogen-bond acceptors (Lipinski definition) is 11. The highest BCUT2D eigenvalue weighted by atomic mass is 32.1. The van der Waals surface area contributed by atoms with Gasteiger partial charge in [-0.1, -0.05) is 12.1 Å². The molecule has 3 aromatic heterocycles. The average Bonchev–Trinajstić information content (AvgIpc) is 3.35. The van der Waals surface area contributed by atoms with Gasteiger partial charge in [-0.25, -0.2) is 19.6 Å². The lowest BCUT2D eigenvalue weighted by Crippen LogP contribution is -2.44. The third kappa shape index (κ3) is 6.82. The maximum atomic E-state index is 13.6. The molecule has 2 amide bonds. The van der Waals surface area contributed by atoms with Crippen LogP contribution in [0.4, 0.5) is 15.4 Å². The Hall–Kier alpha value is -4.60. The predicted octanol–water partition coefficient (Wildman–Crippen LogP) is 6.39. The van der Waals surface area contributed by atoms with Crippen LogP contribution in [-0.2, 0) is 9.47 Å². The second kappa shape index (κ2) is 11.7. The summed E-state index contributed by atoms with van der Waals surface area (Å²) in [4.78, 5) is 42.2. The number of hydrogen-bond donors (Lipinski definition) is 1. The Morgan fingerprint density at radius 1 is 1.00 bits per heavy atom. The molecule has 0 aliphatic carbocycles. The van der Waals surface area contributed by atoms with Gasteiger partial charge < -0.3 is 19.3 Å². The Morgan fingerprint density at radius 3 is 2.26 bits per heavy atom. The smallest absolute Gasteiger partial charge is 0.425 e. The molecule has 1 unspecified atom stereocenters. The number of pyridine rings is 1. The van der Waals surface area contributed by atoms with E-state index >= 15 is 0 Å². The maximum Gasteiger partial charge on any atom is 0.425 e. The minimum absolute atomic E-state index is 0.108. The number of aliphatic hydroxyl groups excluding tert-OH is 1. The Morgan fingerprint density at radius 2 is 1.67 bits per heavy atom. The minimum atomic E-state index is -1.21. The summed E-state index contributed by atoms with van der Waals surface area (Å²) in [7, 11) is 1.48. The molecule has 0 bridgehead atoms. The van der Waals surface area contributed by atoms with Crippen LogP contribution in [0.5, 0.6) is 5.75 Å². The fraction of sp³-hybridized carbons (Fsp3) is 0.333. The van der Waals surface area contributed by atoms with Gasteiger partial charge >= 0.3 is 12.2 Å². The van der Waals surface area contributed by atoms with E-state index in [0.29, 0.717) is 32.0 Å². The number of benzene rings is 1. The summed E-state index contributed by atoms with van der Waals surface area (Å²) in [6.45, 7) is 10.0. The van der Waals surface area contributed by atoms with Crippen molar-refractivity contribution in [3.63, 3.8) is 0 Å². The highest BCUT2D eigenvalue weighted by Crippen LogP contribution is 2.39. The minimum Gasteiger partial charge on any atom is -0.495 e. The van der Waals surface area contributed by atoms with E-state index in [1.165, 1.54) is 13.3 Å². The van der Waals surface area contributed by atoms with Crippen LogP contribution in [0.15, 0.2) is 48.7 Å². The molecule has 0 radical (unpaired) electrons. The van der Waals surface area contributed by atoms with E-state index in [4.69, 9.17) is 14.2 Å². The first-order chi connectivity index (χ1) is 19.7. The van der Waals surface area contributed by atoms with E-state index in [0.717, 1.165) is 16.2 Å². The zero-order chi connectivity index (χ0) is 30.8. The van der Waals surface area contributed by atoms with Crippen LogP contribution in [0.2, 0.25) is 0 Å². The molecule has 3 heterocycles. The first-order valence-corrected chi connectivity index (χ1v) is 13.8. The molecule has 4 rings (SSSR count). The average molecular weight is 590 g/mol. The van der Waals surface area contributed by atoms with E-state index in [9.17, 15) is 20.0 Å². The normalized spacial score (nSPS) is 12.4. The maximum absolute atomic E-state index is 13.6. The molecule has 0 saturated heterocycles. The first kappa shape index (κ1) is 30.4. The summed E-state index contributed by atoms with van der Waals surface area (Å²) in [5.74, 6) is 0.417. The number of carbonyl (C=O) groups is 2. The topological polar surface area (TPSA) is 148 Å². The molecule has 1 atom stereocenters. The van der Waals surface area contributed by atoms with Crippen LogP contribution >= 0.6 is 11.3 Å². The van der Waals surface area contributed by atoms with Crippen molar-refractivity contribution in [2.45, 2.75) is 58.8 Å². The van der Waals surface area contributed by atoms with Crippen molar-refractivity contribution in [3.05, 3.63) is 64.8 Å². The quantitative estimate of drug-likeness (QED) is 0.277. The number of carbonyl (C=O) groups excluding carboxylic acids is 2. The molecule has 1 N–H and O–H groups in total. The Bertz CT molecular complexity index is 1650. The number of aromatic nitrogens is 3. The number of ether oxygens (including phenoxy) is 3. The van der Waals surface area contributed by atoms with Crippen LogP contribution in [-0.4, -0.2) is 50.6 Å². The fourth-order valence-corrected chi connectivity index (χ4v) is 4.88. The Balaban J connectivity index is 1.98. The molecular weight excluding hydrogens is 558 g/mol. The molecule has 12 heteroatoms. The standard InChI is InChI=1S/C30H31N5O6S/c1-29(2,3)40-27(37)35(28(38)41-30(4,5)6)25-19-15-21(23(36)22-20(39-7)12-9-13-32-22)42-26(19)34-24(33-25)18-11-8-10-17(14-18)16-31/h8-15,23,36H,1-7H3. The molecule has 0 spiro atoms. The van der Waals surface area contributed by atoms with Gasteiger partial charge in [0, 0.05) is 16.6 Å². The number of methoxy groups -OCH3 is 1. The van der Waals surface area contributed by atoms with Crippen molar-refractivity contribution in [1.82, 2.24) is 15.0 Å². The molecule has 4 aromatic rings. The van der Waals surface area contributed by atoms with Crippen molar-refractivity contribution in [3.8, 4) is 23.2 Å². The number of imide groups is 1. The molecule has 42 heavy (non-hydrogen) atoms. The lowest BCUT2D eigenvalue weighted by atomic mass is 10.1. The largest absolute Gasteiger partial charge is 0.495 e.